The zero-order valence-corrected chi connectivity index (χ0v) is 14.0. The molecule has 3 nitrogen and oxygen atoms in total. The molecular weight excluding hydrogens is 387 g/mol. The minimum absolute atomic E-state index is 0.218. The van der Waals surface area contributed by atoms with Crippen molar-refractivity contribution in [3.05, 3.63) is 26.8 Å². The maximum atomic E-state index is 12.5. The number of rotatable bonds is 2. The summed E-state index contributed by atoms with van der Waals surface area (Å²) in [5.41, 5.74) is -0.320. The van der Waals surface area contributed by atoms with Gasteiger partial charge in [-0.05, 0) is 53.6 Å². The highest BCUT2D eigenvalue weighted by atomic mass is 127. The Kier molecular flexibility index (Phi) is 5.28. The van der Waals surface area contributed by atoms with Gasteiger partial charge in [0.05, 0.1) is 16.8 Å². The van der Waals surface area contributed by atoms with Crippen molar-refractivity contribution in [3.8, 4) is 6.07 Å². The average molecular weight is 403 g/mol. The lowest BCUT2D eigenvalue weighted by Gasteiger charge is -2.23. The number of nitrogens with one attached hydrogen (secondary N) is 1. The number of benzene rings is 1. The lowest BCUT2D eigenvalue weighted by atomic mass is 9.81. The molecule has 1 aromatic rings. The summed E-state index contributed by atoms with van der Waals surface area (Å²) in [5, 5.41) is 12.8. The van der Waals surface area contributed by atoms with Gasteiger partial charge in [-0.2, -0.15) is 5.26 Å². The van der Waals surface area contributed by atoms with Crippen LogP contribution in [-0.2, 0) is 4.79 Å². The fourth-order valence-electron chi connectivity index (χ4n) is 2.55. The van der Waals surface area contributed by atoms with Gasteiger partial charge < -0.3 is 5.32 Å². The molecule has 0 aliphatic heterocycles. The lowest BCUT2D eigenvalue weighted by Crippen LogP contribution is -2.34. The normalized spacial score (nSPS) is 17.9. The smallest absolute Gasteiger partial charge is 0.244 e. The summed E-state index contributed by atoms with van der Waals surface area (Å²) in [6, 6.07) is 7.71. The Labute approximate surface area is 137 Å². The molecule has 1 amide bonds. The van der Waals surface area contributed by atoms with Crippen LogP contribution in [0.4, 0.5) is 5.69 Å². The maximum Gasteiger partial charge on any atom is 0.244 e. The topological polar surface area (TPSA) is 52.9 Å². The summed E-state index contributed by atoms with van der Waals surface area (Å²) in [4.78, 5) is 12.5. The van der Waals surface area contributed by atoms with Crippen molar-refractivity contribution in [1.82, 2.24) is 0 Å². The minimum Gasteiger partial charge on any atom is -0.323 e. The van der Waals surface area contributed by atoms with Crippen molar-refractivity contribution in [2.75, 3.05) is 5.32 Å². The van der Waals surface area contributed by atoms with Crippen LogP contribution in [-0.4, -0.2) is 5.91 Å². The SMILES string of the molecule is N#CC1(C(=O)Nc2ccc(I)cc2Cl)CCCCCC1. The Balaban J connectivity index is 2.19. The van der Waals surface area contributed by atoms with E-state index in [1.807, 2.05) is 6.07 Å². The summed E-state index contributed by atoms with van der Waals surface area (Å²) in [7, 11) is 0. The molecule has 106 valence electrons. The molecule has 1 aromatic carbocycles. The number of anilines is 1. The monoisotopic (exact) mass is 402 g/mol. The zero-order chi connectivity index (χ0) is 14.6. The first kappa shape index (κ1) is 15.6. The first-order valence-electron chi connectivity index (χ1n) is 6.75. The Morgan fingerprint density at radius 2 is 1.95 bits per heavy atom. The summed E-state index contributed by atoms with van der Waals surface area (Å²) in [5.74, 6) is -0.218. The van der Waals surface area contributed by atoms with E-state index >= 15 is 0 Å². The molecule has 2 rings (SSSR count). The van der Waals surface area contributed by atoms with Gasteiger partial charge in [-0.15, -0.1) is 0 Å². The first-order valence-corrected chi connectivity index (χ1v) is 8.21. The number of hydrogen-bond acceptors (Lipinski definition) is 2. The molecule has 1 fully saturated rings. The van der Waals surface area contributed by atoms with Gasteiger partial charge in [-0.3, -0.25) is 4.79 Å². The third-order valence-electron chi connectivity index (χ3n) is 3.79. The Hall–Kier alpha value is -0.800. The fourth-order valence-corrected chi connectivity index (χ4v) is 3.46. The molecule has 0 saturated heterocycles. The molecule has 20 heavy (non-hydrogen) atoms. The molecule has 0 radical (unpaired) electrons. The fraction of sp³-hybridized carbons (Fsp3) is 0.467. The van der Waals surface area contributed by atoms with E-state index < -0.39 is 5.41 Å². The predicted molar refractivity (Wildman–Crippen MR) is 88.5 cm³/mol. The standard InChI is InChI=1S/C15H16ClIN2O/c16-12-9-11(17)5-6-13(12)19-14(20)15(10-18)7-3-1-2-4-8-15/h5-6,9H,1-4,7-8H2,(H,19,20). The second-order valence-electron chi connectivity index (χ2n) is 5.19. The highest BCUT2D eigenvalue weighted by Gasteiger charge is 2.39. The highest BCUT2D eigenvalue weighted by Crippen LogP contribution is 2.36. The van der Waals surface area contributed by atoms with Crippen LogP contribution in [0.3, 0.4) is 0 Å². The van der Waals surface area contributed by atoms with Gasteiger partial charge in [0, 0.05) is 3.57 Å². The number of carbonyl (C=O) groups excluding carboxylic acids is 1. The quantitative estimate of drug-likeness (QED) is 0.573. The molecule has 1 aliphatic rings. The van der Waals surface area contributed by atoms with Crippen molar-refractivity contribution in [1.29, 1.82) is 5.26 Å². The molecule has 0 atom stereocenters. The van der Waals surface area contributed by atoms with Crippen LogP contribution >= 0.6 is 34.2 Å². The zero-order valence-electron chi connectivity index (χ0n) is 11.1. The number of nitrogens with zero attached hydrogens (tertiary/aromatic N) is 1. The highest BCUT2D eigenvalue weighted by molar-refractivity contribution is 14.1. The Morgan fingerprint density at radius 1 is 1.30 bits per heavy atom. The number of carbonyl (C=O) groups is 1. The van der Waals surface area contributed by atoms with Gasteiger partial charge in [0.2, 0.25) is 5.91 Å². The van der Waals surface area contributed by atoms with Crippen molar-refractivity contribution in [2.24, 2.45) is 5.41 Å². The van der Waals surface area contributed by atoms with E-state index in [-0.39, 0.29) is 5.91 Å². The van der Waals surface area contributed by atoms with Crippen LogP contribution in [0, 0.1) is 20.3 Å². The van der Waals surface area contributed by atoms with Crippen molar-refractivity contribution in [3.63, 3.8) is 0 Å². The van der Waals surface area contributed by atoms with Crippen molar-refractivity contribution >= 4 is 45.8 Å². The molecule has 1 N–H and O–H groups in total. The largest absolute Gasteiger partial charge is 0.323 e. The van der Waals surface area contributed by atoms with Crippen LogP contribution in [0.2, 0.25) is 5.02 Å². The molecule has 0 unspecified atom stereocenters. The number of hydrogen-bond donors (Lipinski definition) is 1. The second-order valence-corrected chi connectivity index (χ2v) is 6.84. The van der Waals surface area contributed by atoms with E-state index in [1.165, 1.54) is 0 Å². The summed E-state index contributed by atoms with van der Waals surface area (Å²) < 4.78 is 1.01. The Bertz CT molecular complexity index is 545. The van der Waals surface area contributed by atoms with Crippen molar-refractivity contribution < 1.29 is 4.79 Å². The van der Waals surface area contributed by atoms with Crippen LogP contribution in [0.15, 0.2) is 18.2 Å². The Morgan fingerprint density at radius 3 is 2.50 bits per heavy atom. The second kappa shape index (κ2) is 6.77. The summed E-state index contributed by atoms with van der Waals surface area (Å²) in [6.45, 7) is 0. The molecule has 1 aliphatic carbocycles. The third kappa shape index (κ3) is 3.44. The lowest BCUT2D eigenvalue weighted by molar-refractivity contribution is -0.123. The maximum absolute atomic E-state index is 12.5. The van der Waals surface area contributed by atoms with Crippen LogP contribution in [0.1, 0.15) is 38.5 Å². The van der Waals surface area contributed by atoms with Gasteiger partial charge in [0.25, 0.3) is 0 Å². The molecule has 5 heteroatoms. The van der Waals surface area contributed by atoms with E-state index in [4.69, 9.17) is 11.6 Å². The van der Waals surface area contributed by atoms with Gasteiger partial charge >= 0.3 is 0 Å². The molecule has 0 spiro atoms. The molecular formula is C15H16ClIN2O. The number of nitriles is 1. The van der Waals surface area contributed by atoms with Gasteiger partial charge in [0.15, 0.2) is 0 Å². The summed E-state index contributed by atoms with van der Waals surface area (Å²) >= 11 is 8.30. The van der Waals surface area contributed by atoms with E-state index in [0.717, 1.165) is 29.3 Å². The van der Waals surface area contributed by atoms with Gasteiger partial charge in [-0.1, -0.05) is 37.3 Å². The van der Waals surface area contributed by atoms with E-state index in [2.05, 4.69) is 34.0 Å². The molecule has 0 heterocycles. The molecule has 0 bridgehead atoms. The molecule has 1 saturated carbocycles. The van der Waals surface area contributed by atoms with Crippen LogP contribution < -0.4 is 5.32 Å². The van der Waals surface area contributed by atoms with Gasteiger partial charge in [0.1, 0.15) is 5.41 Å². The average Bonchev–Trinajstić information content (AvgIpc) is 2.68. The number of halogens is 2. The van der Waals surface area contributed by atoms with Gasteiger partial charge in [-0.25, -0.2) is 0 Å². The van der Waals surface area contributed by atoms with Crippen molar-refractivity contribution in [2.45, 2.75) is 38.5 Å². The first-order chi connectivity index (χ1) is 9.57. The predicted octanol–water partition coefficient (Wildman–Crippen LogP) is 4.75. The van der Waals surface area contributed by atoms with E-state index in [9.17, 15) is 10.1 Å². The third-order valence-corrected chi connectivity index (χ3v) is 4.77. The minimum atomic E-state index is -0.900. The summed E-state index contributed by atoms with van der Waals surface area (Å²) in [6.07, 6.45) is 5.33. The van der Waals surface area contributed by atoms with E-state index in [0.29, 0.717) is 23.6 Å². The number of amides is 1. The van der Waals surface area contributed by atoms with E-state index in [1.54, 1.807) is 12.1 Å². The molecule has 0 aromatic heterocycles. The van der Waals surface area contributed by atoms with Crippen LogP contribution in [0.25, 0.3) is 0 Å². The van der Waals surface area contributed by atoms with Crippen LogP contribution in [0.5, 0.6) is 0 Å².